The lowest BCUT2D eigenvalue weighted by Crippen LogP contribution is -2.16. The lowest BCUT2D eigenvalue weighted by atomic mass is 10.2. The normalized spacial score (nSPS) is 10.7. The Balaban J connectivity index is 2.32. The molecule has 0 aliphatic rings. The van der Waals surface area contributed by atoms with Gasteiger partial charge in [0.2, 0.25) is 0 Å². The Labute approximate surface area is 126 Å². The van der Waals surface area contributed by atoms with Crippen molar-refractivity contribution in [2.45, 2.75) is 19.9 Å². The number of carbonyl (C=O) groups is 1. The van der Waals surface area contributed by atoms with Crippen molar-refractivity contribution in [2.75, 3.05) is 6.54 Å². The molecule has 5 nitrogen and oxygen atoms in total. The van der Waals surface area contributed by atoms with Gasteiger partial charge in [0.25, 0.3) is 5.91 Å². The maximum Gasteiger partial charge on any atom is 0.269 e. The van der Waals surface area contributed by atoms with Gasteiger partial charge in [-0.3, -0.25) is 4.79 Å². The highest BCUT2D eigenvalue weighted by molar-refractivity contribution is 9.10. The molecule has 0 fully saturated rings. The van der Waals surface area contributed by atoms with E-state index in [0.717, 1.165) is 35.2 Å². The van der Waals surface area contributed by atoms with Crippen molar-refractivity contribution in [3.05, 3.63) is 46.2 Å². The molecule has 0 saturated carbocycles. The Morgan fingerprint density at radius 2 is 2.25 bits per heavy atom. The third-order valence-electron chi connectivity index (χ3n) is 2.88. The standard InChI is InChI=1S/C14H17BrN4O/c1-2-6-17-9-10-3-4-11(15)8-13(10)19-7-5-12(18-19)14(16)20/h3-5,7-8,17H,2,6,9H2,1H3,(H2,16,20). The second kappa shape index (κ2) is 6.67. The highest BCUT2D eigenvalue weighted by Crippen LogP contribution is 2.20. The number of aromatic nitrogens is 2. The van der Waals surface area contributed by atoms with Gasteiger partial charge in [-0.05, 0) is 36.7 Å². The largest absolute Gasteiger partial charge is 0.364 e. The van der Waals surface area contributed by atoms with E-state index in [2.05, 4.69) is 33.3 Å². The van der Waals surface area contributed by atoms with Crippen LogP contribution in [0.5, 0.6) is 0 Å². The molecule has 3 N–H and O–H groups in total. The summed E-state index contributed by atoms with van der Waals surface area (Å²) in [5.74, 6) is -0.524. The summed E-state index contributed by atoms with van der Waals surface area (Å²) in [6.07, 6.45) is 2.82. The first-order valence-corrected chi connectivity index (χ1v) is 7.26. The van der Waals surface area contributed by atoms with E-state index in [-0.39, 0.29) is 5.69 Å². The summed E-state index contributed by atoms with van der Waals surface area (Å²) in [4.78, 5) is 11.1. The monoisotopic (exact) mass is 336 g/mol. The van der Waals surface area contributed by atoms with E-state index < -0.39 is 5.91 Å². The first-order valence-electron chi connectivity index (χ1n) is 6.47. The fraction of sp³-hybridized carbons (Fsp3) is 0.286. The highest BCUT2D eigenvalue weighted by Gasteiger charge is 2.10. The van der Waals surface area contributed by atoms with Gasteiger partial charge >= 0.3 is 0 Å². The van der Waals surface area contributed by atoms with Crippen molar-refractivity contribution in [2.24, 2.45) is 5.73 Å². The van der Waals surface area contributed by atoms with Crippen molar-refractivity contribution in [3.63, 3.8) is 0 Å². The molecule has 0 radical (unpaired) electrons. The molecular formula is C14H17BrN4O. The zero-order chi connectivity index (χ0) is 14.5. The molecule has 0 atom stereocenters. The minimum Gasteiger partial charge on any atom is -0.364 e. The molecule has 0 aliphatic carbocycles. The predicted molar refractivity (Wildman–Crippen MR) is 81.8 cm³/mol. The molecule has 0 saturated heterocycles. The third kappa shape index (κ3) is 3.46. The lowest BCUT2D eigenvalue weighted by molar-refractivity contribution is 0.0995. The number of carbonyl (C=O) groups excluding carboxylic acids is 1. The van der Waals surface area contributed by atoms with Gasteiger partial charge in [-0.1, -0.05) is 28.9 Å². The van der Waals surface area contributed by atoms with E-state index in [1.807, 2.05) is 18.2 Å². The third-order valence-corrected chi connectivity index (χ3v) is 3.37. The van der Waals surface area contributed by atoms with Gasteiger partial charge < -0.3 is 11.1 Å². The second-order valence-electron chi connectivity index (χ2n) is 4.46. The molecule has 1 aromatic heterocycles. The molecule has 20 heavy (non-hydrogen) atoms. The van der Waals surface area contributed by atoms with Gasteiger partial charge in [-0.2, -0.15) is 5.10 Å². The lowest BCUT2D eigenvalue weighted by Gasteiger charge is -2.11. The van der Waals surface area contributed by atoms with Crippen LogP contribution in [-0.2, 0) is 6.54 Å². The van der Waals surface area contributed by atoms with Crippen LogP contribution in [0.4, 0.5) is 0 Å². The molecule has 0 unspecified atom stereocenters. The summed E-state index contributed by atoms with van der Waals surface area (Å²) in [5, 5.41) is 7.57. The number of nitrogens with zero attached hydrogens (tertiary/aromatic N) is 2. The number of nitrogens with one attached hydrogen (secondary N) is 1. The van der Waals surface area contributed by atoms with Crippen LogP contribution in [0.15, 0.2) is 34.9 Å². The van der Waals surface area contributed by atoms with E-state index in [9.17, 15) is 4.79 Å². The molecule has 2 aromatic rings. The van der Waals surface area contributed by atoms with Crippen LogP contribution < -0.4 is 11.1 Å². The van der Waals surface area contributed by atoms with Crippen LogP contribution >= 0.6 is 15.9 Å². The molecule has 1 heterocycles. The fourth-order valence-electron chi connectivity index (χ4n) is 1.89. The molecule has 0 aliphatic heterocycles. The van der Waals surface area contributed by atoms with Crippen LogP contribution in [0.3, 0.4) is 0 Å². The van der Waals surface area contributed by atoms with E-state index in [4.69, 9.17) is 5.73 Å². The first-order chi connectivity index (χ1) is 9.61. The Bertz CT molecular complexity index is 609. The van der Waals surface area contributed by atoms with E-state index in [0.29, 0.717) is 0 Å². The molecule has 6 heteroatoms. The summed E-state index contributed by atoms with van der Waals surface area (Å²) in [6, 6.07) is 7.62. The van der Waals surface area contributed by atoms with Gasteiger partial charge in [0.05, 0.1) is 5.69 Å². The van der Waals surface area contributed by atoms with Gasteiger partial charge in [0.1, 0.15) is 5.69 Å². The molecule has 1 aromatic carbocycles. The number of nitrogens with two attached hydrogens (primary N) is 1. The maximum atomic E-state index is 11.1. The number of amides is 1. The van der Waals surface area contributed by atoms with E-state index in [1.54, 1.807) is 16.9 Å². The van der Waals surface area contributed by atoms with Crippen LogP contribution in [0.25, 0.3) is 5.69 Å². The number of rotatable bonds is 6. The summed E-state index contributed by atoms with van der Waals surface area (Å²) in [5.41, 5.74) is 7.53. The zero-order valence-corrected chi connectivity index (χ0v) is 12.9. The van der Waals surface area contributed by atoms with Crippen molar-refractivity contribution in [1.29, 1.82) is 0 Å². The van der Waals surface area contributed by atoms with Crippen molar-refractivity contribution < 1.29 is 4.79 Å². The Kier molecular flexibility index (Phi) is 4.92. The number of primary amides is 1. The van der Waals surface area contributed by atoms with Crippen LogP contribution in [-0.4, -0.2) is 22.2 Å². The number of hydrogen-bond donors (Lipinski definition) is 2. The maximum absolute atomic E-state index is 11.1. The molecule has 2 rings (SSSR count). The quantitative estimate of drug-likeness (QED) is 0.794. The predicted octanol–water partition coefficient (Wildman–Crippen LogP) is 2.23. The number of hydrogen-bond acceptors (Lipinski definition) is 3. The van der Waals surface area contributed by atoms with Crippen molar-refractivity contribution in [1.82, 2.24) is 15.1 Å². The van der Waals surface area contributed by atoms with Crippen molar-refractivity contribution >= 4 is 21.8 Å². The summed E-state index contributed by atoms with van der Waals surface area (Å²) < 4.78 is 2.64. The average molecular weight is 337 g/mol. The molecule has 1 amide bonds. The number of benzene rings is 1. The second-order valence-corrected chi connectivity index (χ2v) is 5.38. The SMILES string of the molecule is CCCNCc1ccc(Br)cc1-n1ccc(C(N)=O)n1. The Hall–Kier alpha value is -1.66. The van der Waals surface area contributed by atoms with Crippen LogP contribution in [0.1, 0.15) is 29.4 Å². The van der Waals surface area contributed by atoms with Crippen LogP contribution in [0.2, 0.25) is 0 Å². The topological polar surface area (TPSA) is 72.9 Å². The molecular weight excluding hydrogens is 320 g/mol. The fourth-order valence-corrected chi connectivity index (χ4v) is 2.24. The number of halogens is 1. The summed E-state index contributed by atoms with van der Waals surface area (Å²) in [7, 11) is 0. The Morgan fingerprint density at radius 3 is 2.90 bits per heavy atom. The first kappa shape index (κ1) is 14.7. The van der Waals surface area contributed by atoms with Gasteiger partial charge in [0.15, 0.2) is 0 Å². The molecule has 0 spiro atoms. The van der Waals surface area contributed by atoms with Crippen LogP contribution in [0, 0.1) is 0 Å². The minimum atomic E-state index is -0.524. The molecule has 0 bridgehead atoms. The Morgan fingerprint density at radius 1 is 1.45 bits per heavy atom. The molecule has 106 valence electrons. The smallest absolute Gasteiger partial charge is 0.269 e. The van der Waals surface area contributed by atoms with E-state index in [1.165, 1.54) is 0 Å². The van der Waals surface area contributed by atoms with Gasteiger partial charge in [-0.25, -0.2) is 4.68 Å². The zero-order valence-electron chi connectivity index (χ0n) is 11.3. The minimum absolute atomic E-state index is 0.262. The van der Waals surface area contributed by atoms with Gasteiger partial charge in [-0.15, -0.1) is 0 Å². The van der Waals surface area contributed by atoms with E-state index >= 15 is 0 Å². The average Bonchev–Trinajstić information content (AvgIpc) is 2.90. The van der Waals surface area contributed by atoms with Crippen molar-refractivity contribution in [3.8, 4) is 5.69 Å². The highest BCUT2D eigenvalue weighted by atomic mass is 79.9. The summed E-state index contributed by atoms with van der Waals surface area (Å²) in [6.45, 7) is 3.84. The summed E-state index contributed by atoms with van der Waals surface area (Å²) >= 11 is 3.46. The van der Waals surface area contributed by atoms with Gasteiger partial charge in [0, 0.05) is 17.2 Å².